The largest absolute Gasteiger partial charge is 0.375 e. The summed E-state index contributed by atoms with van der Waals surface area (Å²) >= 11 is 0. The molecule has 0 bridgehead atoms. The van der Waals surface area contributed by atoms with E-state index in [0.29, 0.717) is 6.61 Å². The van der Waals surface area contributed by atoms with E-state index in [4.69, 9.17) is 14.2 Å². The molecule has 3 heteroatoms. The molecule has 0 saturated carbocycles. The maximum absolute atomic E-state index is 5.57. The van der Waals surface area contributed by atoms with Gasteiger partial charge in [-0.15, -0.1) is 6.58 Å². The minimum absolute atomic E-state index is 0.0255. The Morgan fingerprint density at radius 3 is 2.67 bits per heavy atom. The monoisotopic (exact) mass is 172 g/mol. The van der Waals surface area contributed by atoms with Gasteiger partial charge in [0.05, 0.1) is 6.61 Å². The first-order valence-corrected chi connectivity index (χ1v) is 4.06. The number of methoxy groups -OCH3 is 1. The maximum Gasteiger partial charge on any atom is 0.163 e. The van der Waals surface area contributed by atoms with Crippen LogP contribution in [0.3, 0.4) is 0 Å². The zero-order valence-corrected chi connectivity index (χ0v) is 7.87. The normalized spacial score (nSPS) is 30.1. The molecule has 1 saturated heterocycles. The second-order valence-electron chi connectivity index (χ2n) is 3.30. The zero-order valence-electron chi connectivity index (χ0n) is 7.87. The molecule has 0 unspecified atom stereocenters. The molecule has 70 valence electrons. The van der Waals surface area contributed by atoms with Gasteiger partial charge in [0.2, 0.25) is 0 Å². The summed E-state index contributed by atoms with van der Waals surface area (Å²) in [7, 11) is 1.64. The van der Waals surface area contributed by atoms with Gasteiger partial charge in [-0.3, -0.25) is 0 Å². The van der Waals surface area contributed by atoms with E-state index in [1.54, 1.807) is 13.2 Å². The Kier molecular flexibility index (Phi) is 2.88. The average molecular weight is 172 g/mol. The summed E-state index contributed by atoms with van der Waals surface area (Å²) in [6, 6.07) is 0. The molecule has 1 heterocycles. The summed E-state index contributed by atoms with van der Waals surface area (Å²) in [6.07, 6.45) is 1.63. The molecule has 0 radical (unpaired) electrons. The van der Waals surface area contributed by atoms with E-state index in [1.165, 1.54) is 0 Å². The number of ether oxygens (including phenoxy) is 3. The first-order valence-electron chi connectivity index (χ1n) is 4.06. The van der Waals surface area contributed by atoms with Gasteiger partial charge >= 0.3 is 0 Å². The first-order chi connectivity index (χ1) is 5.59. The first kappa shape index (κ1) is 9.71. The zero-order chi connectivity index (χ0) is 9.19. The lowest BCUT2D eigenvalue weighted by Crippen LogP contribution is -2.30. The van der Waals surface area contributed by atoms with Gasteiger partial charge in [0.1, 0.15) is 12.2 Å². The highest BCUT2D eigenvalue weighted by atomic mass is 16.7. The van der Waals surface area contributed by atoms with Crippen molar-refractivity contribution in [3.63, 3.8) is 0 Å². The molecule has 0 aromatic carbocycles. The van der Waals surface area contributed by atoms with Crippen LogP contribution in [0.5, 0.6) is 0 Å². The predicted molar refractivity (Wildman–Crippen MR) is 45.9 cm³/mol. The van der Waals surface area contributed by atoms with Gasteiger partial charge < -0.3 is 14.2 Å². The van der Waals surface area contributed by atoms with E-state index in [0.717, 1.165) is 0 Å². The Labute approximate surface area is 73.3 Å². The van der Waals surface area contributed by atoms with Crippen molar-refractivity contribution in [2.24, 2.45) is 0 Å². The lowest BCUT2D eigenvalue weighted by atomic mass is 10.2. The standard InChI is InChI=1S/C9H16O3/c1-5-7(10-4)8-6-11-9(2,3)12-8/h5,7-8H,1,6H2,2-4H3/t7-,8-/m0/s1. The highest BCUT2D eigenvalue weighted by molar-refractivity contribution is 4.90. The molecule has 1 rings (SSSR count). The van der Waals surface area contributed by atoms with E-state index in [-0.39, 0.29) is 12.2 Å². The van der Waals surface area contributed by atoms with E-state index < -0.39 is 5.79 Å². The van der Waals surface area contributed by atoms with Crippen LogP contribution in [0.4, 0.5) is 0 Å². The van der Waals surface area contributed by atoms with Crippen molar-refractivity contribution < 1.29 is 14.2 Å². The van der Waals surface area contributed by atoms with Crippen molar-refractivity contribution in [3.8, 4) is 0 Å². The van der Waals surface area contributed by atoms with E-state index in [2.05, 4.69) is 6.58 Å². The number of rotatable bonds is 3. The molecule has 0 spiro atoms. The average Bonchev–Trinajstić information content (AvgIpc) is 2.34. The lowest BCUT2D eigenvalue weighted by Gasteiger charge is -2.20. The summed E-state index contributed by atoms with van der Waals surface area (Å²) in [5.41, 5.74) is 0. The number of hydrogen-bond donors (Lipinski definition) is 0. The molecule has 1 aliphatic rings. The summed E-state index contributed by atoms with van der Waals surface area (Å²) < 4.78 is 16.1. The van der Waals surface area contributed by atoms with Crippen LogP contribution in [0.15, 0.2) is 12.7 Å². The summed E-state index contributed by atoms with van der Waals surface area (Å²) in [4.78, 5) is 0. The van der Waals surface area contributed by atoms with Crippen LogP contribution in [-0.2, 0) is 14.2 Å². The fourth-order valence-corrected chi connectivity index (χ4v) is 1.28. The molecule has 0 aromatic rings. The van der Waals surface area contributed by atoms with Crippen molar-refractivity contribution in [2.45, 2.75) is 31.8 Å². The van der Waals surface area contributed by atoms with E-state index >= 15 is 0 Å². The predicted octanol–water partition coefficient (Wildman–Crippen LogP) is 1.34. The van der Waals surface area contributed by atoms with E-state index in [9.17, 15) is 0 Å². The van der Waals surface area contributed by atoms with Crippen LogP contribution < -0.4 is 0 Å². The third-order valence-corrected chi connectivity index (χ3v) is 1.90. The Hall–Kier alpha value is -0.380. The highest BCUT2D eigenvalue weighted by Gasteiger charge is 2.36. The maximum atomic E-state index is 5.57. The molecule has 2 atom stereocenters. The molecule has 0 aliphatic carbocycles. The Bertz CT molecular complexity index is 165. The molecule has 0 amide bonds. The minimum atomic E-state index is -0.482. The van der Waals surface area contributed by atoms with Gasteiger partial charge in [0, 0.05) is 7.11 Å². The summed E-state index contributed by atoms with van der Waals surface area (Å²) in [5, 5.41) is 0. The van der Waals surface area contributed by atoms with Gasteiger partial charge in [0.25, 0.3) is 0 Å². The van der Waals surface area contributed by atoms with Crippen LogP contribution in [0, 0.1) is 0 Å². The Balaban J connectivity index is 2.50. The van der Waals surface area contributed by atoms with Gasteiger partial charge in [-0.25, -0.2) is 0 Å². The highest BCUT2D eigenvalue weighted by Crippen LogP contribution is 2.25. The van der Waals surface area contributed by atoms with Crippen molar-refractivity contribution in [2.75, 3.05) is 13.7 Å². The van der Waals surface area contributed by atoms with Crippen molar-refractivity contribution in [3.05, 3.63) is 12.7 Å². The second kappa shape index (κ2) is 3.56. The van der Waals surface area contributed by atoms with Crippen LogP contribution in [0.1, 0.15) is 13.8 Å². The van der Waals surface area contributed by atoms with Crippen LogP contribution in [0.2, 0.25) is 0 Å². The van der Waals surface area contributed by atoms with Gasteiger partial charge in [-0.1, -0.05) is 6.08 Å². The molecular formula is C9H16O3. The fourth-order valence-electron chi connectivity index (χ4n) is 1.28. The molecule has 3 nitrogen and oxygen atoms in total. The lowest BCUT2D eigenvalue weighted by molar-refractivity contribution is -0.149. The van der Waals surface area contributed by atoms with Gasteiger partial charge in [0.15, 0.2) is 5.79 Å². The SMILES string of the molecule is C=C[C@H](OC)[C@@H]1COC(C)(C)O1. The molecule has 1 fully saturated rings. The van der Waals surface area contributed by atoms with Crippen molar-refractivity contribution in [1.82, 2.24) is 0 Å². The number of hydrogen-bond acceptors (Lipinski definition) is 3. The molecule has 0 N–H and O–H groups in total. The van der Waals surface area contributed by atoms with Crippen molar-refractivity contribution in [1.29, 1.82) is 0 Å². The van der Waals surface area contributed by atoms with Gasteiger partial charge in [-0.05, 0) is 13.8 Å². The van der Waals surface area contributed by atoms with Crippen LogP contribution >= 0.6 is 0 Å². The second-order valence-corrected chi connectivity index (χ2v) is 3.30. The smallest absolute Gasteiger partial charge is 0.163 e. The molecule has 12 heavy (non-hydrogen) atoms. The quantitative estimate of drug-likeness (QED) is 0.601. The molecule has 1 aliphatic heterocycles. The minimum Gasteiger partial charge on any atom is -0.375 e. The van der Waals surface area contributed by atoms with Crippen LogP contribution in [0.25, 0.3) is 0 Å². The summed E-state index contributed by atoms with van der Waals surface area (Å²) in [6.45, 7) is 8.01. The van der Waals surface area contributed by atoms with E-state index in [1.807, 2.05) is 13.8 Å². The fraction of sp³-hybridized carbons (Fsp3) is 0.778. The third kappa shape index (κ3) is 2.06. The van der Waals surface area contributed by atoms with Crippen molar-refractivity contribution >= 4 is 0 Å². The summed E-state index contributed by atoms with van der Waals surface area (Å²) in [5.74, 6) is -0.482. The Morgan fingerprint density at radius 1 is 1.67 bits per heavy atom. The third-order valence-electron chi connectivity index (χ3n) is 1.90. The Morgan fingerprint density at radius 2 is 2.33 bits per heavy atom. The van der Waals surface area contributed by atoms with Gasteiger partial charge in [-0.2, -0.15) is 0 Å². The molecule has 0 aromatic heterocycles. The topological polar surface area (TPSA) is 27.7 Å². The molecular weight excluding hydrogens is 156 g/mol. The van der Waals surface area contributed by atoms with Crippen LogP contribution in [-0.4, -0.2) is 31.7 Å².